The van der Waals surface area contributed by atoms with Gasteiger partial charge in [0.1, 0.15) is 28.6 Å². The number of alkyl halides is 2. The number of phenolic OH excluding ortho intramolecular Hbond substituents is 1. The number of anilines is 1. The van der Waals surface area contributed by atoms with Gasteiger partial charge < -0.3 is 24.8 Å². The number of aromatic nitrogens is 3. The quantitative estimate of drug-likeness (QED) is 0.138. The highest BCUT2D eigenvalue weighted by atomic mass is 19.3. The first-order valence-electron chi connectivity index (χ1n) is 16.8. The number of nitrogens with zero attached hydrogens (tertiary/aromatic N) is 5. The van der Waals surface area contributed by atoms with E-state index in [1.807, 2.05) is 0 Å². The average Bonchev–Trinajstić information content (AvgIpc) is 3.90. The van der Waals surface area contributed by atoms with Crippen LogP contribution in [-0.2, 0) is 9.53 Å². The van der Waals surface area contributed by atoms with E-state index in [-0.39, 0.29) is 75.8 Å². The van der Waals surface area contributed by atoms with Gasteiger partial charge in [-0.1, -0.05) is 18.6 Å². The molecule has 0 spiro atoms. The van der Waals surface area contributed by atoms with Crippen molar-refractivity contribution in [3.05, 3.63) is 60.3 Å². The van der Waals surface area contributed by atoms with E-state index in [0.29, 0.717) is 18.6 Å². The monoisotopic (exact) mass is 704 g/mol. The van der Waals surface area contributed by atoms with Gasteiger partial charge in [0, 0.05) is 68.1 Å². The molecular weight excluding hydrogens is 668 g/mol. The number of fused-ring (bicyclic) bond motifs is 2. The first-order chi connectivity index (χ1) is 24.5. The van der Waals surface area contributed by atoms with Crippen LogP contribution in [0.5, 0.6) is 11.8 Å². The summed E-state index contributed by atoms with van der Waals surface area (Å²) in [5.74, 6) is -3.18. The Morgan fingerprint density at radius 3 is 2.69 bits per heavy atom. The zero-order valence-electron chi connectivity index (χ0n) is 27.7. The summed E-state index contributed by atoms with van der Waals surface area (Å²) >= 11 is 0. The molecule has 7 rings (SSSR count). The lowest BCUT2D eigenvalue weighted by molar-refractivity contribution is -0.117. The molecule has 2 saturated heterocycles. The van der Waals surface area contributed by atoms with Gasteiger partial charge in [0.05, 0.1) is 36.8 Å². The molecule has 2 aliphatic heterocycles. The largest absolute Gasteiger partial charge is 0.508 e. The molecule has 2 N–H and O–H groups in total. The fourth-order valence-corrected chi connectivity index (χ4v) is 6.98. The molecule has 10 nitrogen and oxygen atoms in total. The number of carbonyl (C=O) groups excluding carboxylic acids is 1. The second-order valence-corrected chi connectivity index (χ2v) is 13.5. The summed E-state index contributed by atoms with van der Waals surface area (Å²) in [6.07, 6.45) is 8.63. The van der Waals surface area contributed by atoms with Crippen molar-refractivity contribution in [2.45, 2.75) is 37.6 Å². The number of benzene rings is 2. The van der Waals surface area contributed by atoms with Crippen LogP contribution in [-0.4, -0.2) is 95.4 Å². The van der Waals surface area contributed by atoms with Crippen LogP contribution < -0.4 is 15.0 Å². The number of phenols is 1. The minimum Gasteiger partial charge on any atom is -0.508 e. The highest BCUT2D eigenvalue weighted by Crippen LogP contribution is 2.47. The van der Waals surface area contributed by atoms with E-state index < -0.39 is 42.3 Å². The molecule has 4 aromatic rings. The van der Waals surface area contributed by atoms with Gasteiger partial charge in [0.25, 0.3) is 5.92 Å². The summed E-state index contributed by atoms with van der Waals surface area (Å²) in [4.78, 5) is 29.5. The normalized spacial score (nSPS) is 20.1. The Morgan fingerprint density at radius 2 is 1.96 bits per heavy atom. The lowest BCUT2D eigenvalue weighted by atomic mass is 9.96. The van der Waals surface area contributed by atoms with Crippen molar-refractivity contribution in [1.29, 1.82) is 0 Å². The van der Waals surface area contributed by atoms with E-state index >= 15 is 4.39 Å². The summed E-state index contributed by atoms with van der Waals surface area (Å²) in [7, 11) is 0. The van der Waals surface area contributed by atoms with E-state index in [0.717, 1.165) is 44.6 Å². The third-order valence-electron chi connectivity index (χ3n) is 9.79. The van der Waals surface area contributed by atoms with Gasteiger partial charge in [-0.25, -0.2) is 17.6 Å². The first kappa shape index (κ1) is 34.4. The Bertz CT molecular complexity index is 2060. The molecule has 0 radical (unpaired) electrons. The second-order valence-electron chi connectivity index (χ2n) is 13.5. The summed E-state index contributed by atoms with van der Waals surface area (Å²) in [6.45, 7) is 7.10. The number of aromatic hydroxyl groups is 1. The molecule has 1 saturated carbocycles. The van der Waals surface area contributed by atoms with Gasteiger partial charge >= 0.3 is 6.01 Å². The van der Waals surface area contributed by atoms with Crippen molar-refractivity contribution in [3.8, 4) is 35.4 Å². The standard InChI is InChI=1S/C37H36F4N6O4/c1-3-25-28(38)6-5-22-15-24(48)16-26(30(22)25)32-31(39)33-27(18-42-32)34(47-10-9-37(40,41)17-23(19-47)43-29(49)4-2)45-35(44-33)51-21-36(7-8-36)20-46-11-13-50-14-12-46/h1,4-6,15-16,18,23,48H,2,7-14,17,19-21H2,(H,43,49). The van der Waals surface area contributed by atoms with Crippen LogP contribution in [0.3, 0.4) is 0 Å². The maximum Gasteiger partial charge on any atom is 0.319 e. The summed E-state index contributed by atoms with van der Waals surface area (Å²) in [6, 6.07) is 4.05. The number of terminal acetylenes is 1. The van der Waals surface area contributed by atoms with E-state index in [1.165, 1.54) is 24.4 Å². The molecule has 14 heteroatoms. The van der Waals surface area contributed by atoms with Crippen LogP contribution in [0.15, 0.2) is 43.1 Å². The van der Waals surface area contributed by atoms with Crippen molar-refractivity contribution < 1.29 is 36.9 Å². The topological polar surface area (TPSA) is 113 Å². The Balaban J connectivity index is 1.34. The van der Waals surface area contributed by atoms with Gasteiger partial charge in [-0.05, 0) is 42.5 Å². The molecule has 51 heavy (non-hydrogen) atoms. The van der Waals surface area contributed by atoms with Gasteiger partial charge in [-0.2, -0.15) is 9.97 Å². The predicted octanol–water partition coefficient (Wildman–Crippen LogP) is 5.21. The van der Waals surface area contributed by atoms with E-state index in [2.05, 4.69) is 37.7 Å². The van der Waals surface area contributed by atoms with Crippen LogP contribution in [0.2, 0.25) is 0 Å². The molecular formula is C37H36F4N6O4. The fourth-order valence-electron chi connectivity index (χ4n) is 6.98. The number of ether oxygens (including phenoxy) is 2. The van der Waals surface area contributed by atoms with Crippen molar-refractivity contribution >= 4 is 33.4 Å². The van der Waals surface area contributed by atoms with Crippen LogP contribution in [0, 0.1) is 29.4 Å². The lowest BCUT2D eigenvalue weighted by Crippen LogP contribution is -2.43. The molecule has 3 aliphatic rings. The number of rotatable bonds is 9. The highest BCUT2D eigenvalue weighted by molar-refractivity contribution is 6.03. The van der Waals surface area contributed by atoms with Crippen LogP contribution in [0.4, 0.5) is 23.4 Å². The molecule has 2 aromatic carbocycles. The predicted molar refractivity (Wildman–Crippen MR) is 183 cm³/mol. The Hall–Kier alpha value is -5.00. The van der Waals surface area contributed by atoms with Gasteiger partial charge in [-0.15, -0.1) is 6.42 Å². The Morgan fingerprint density at radius 1 is 1.18 bits per heavy atom. The van der Waals surface area contributed by atoms with Crippen LogP contribution in [0.25, 0.3) is 32.9 Å². The fraction of sp³-hybridized carbons (Fsp3) is 0.405. The second kappa shape index (κ2) is 13.6. The number of hydrogen-bond donors (Lipinski definition) is 2. The lowest BCUT2D eigenvalue weighted by Gasteiger charge is -2.30. The first-order valence-corrected chi connectivity index (χ1v) is 16.8. The summed E-state index contributed by atoms with van der Waals surface area (Å²) < 4.78 is 73.4. The third-order valence-corrected chi connectivity index (χ3v) is 9.79. The smallest absolute Gasteiger partial charge is 0.319 e. The van der Waals surface area contributed by atoms with Crippen molar-refractivity contribution in [1.82, 2.24) is 25.2 Å². The number of nitrogens with one attached hydrogen (secondary N) is 1. The van der Waals surface area contributed by atoms with Gasteiger partial charge in [0.2, 0.25) is 5.91 Å². The Kier molecular flexibility index (Phi) is 9.19. The number of halogens is 4. The minimum atomic E-state index is -3.11. The van der Waals surface area contributed by atoms with E-state index in [4.69, 9.17) is 15.9 Å². The molecule has 1 atom stereocenters. The van der Waals surface area contributed by atoms with Crippen molar-refractivity contribution in [3.63, 3.8) is 0 Å². The SMILES string of the molecule is C#Cc1c(F)ccc2cc(O)cc(-c3ncc4c(N5CCC(F)(F)CC(NC(=O)C=C)C5)nc(OCC5(CN6CCOCC6)CC5)nc4c3F)c12. The summed E-state index contributed by atoms with van der Waals surface area (Å²) in [5, 5.41) is 13.8. The zero-order chi connectivity index (χ0) is 35.9. The van der Waals surface area contributed by atoms with Gasteiger partial charge in [-0.3, -0.25) is 14.7 Å². The van der Waals surface area contributed by atoms with Crippen LogP contribution >= 0.6 is 0 Å². The third kappa shape index (κ3) is 7.13. The number of pyridine rings is 1. The molecule has 0 bridgehead atoms. The minimum absolute atomic E-state index is 0.0311. The molecule has 1 unspecified atom stereocenters. The van der Waals surface area contributed by atoms with Crippen molar-refractivity contribution in [2.75, 3.05) is 57.4 Å². The van der Waals surface area contributed by atoms with Crippen molar-refractivity contribution in [2.24, 2.45) is 5.41 Å². The number of morpholine rings is 1. The number of amides is 1. The molecule has 3 fully saturated rings. The average molecular weight is 705 g/mol. The molecule has 266 valence electrons. The number of carbonyl (C=O) groups is 1. The van der Waals surface area contributed by atoms with E-state index in [1.54, 1.807) is 4.90 Å². The number of hydrogen-bond acceptors (Lipinski definition) is 9. The Labute approximate surface area is 291 Å². The molecule has 1 amide bonds. The molecule has 2 aromatic heterocycles. The maximum absolute atomic E-state index is 16.9. The molecule has 1 aliphatic carbocycles. The molecule has 4 heterocycles. The van der Waals surface area contributed by atoms with Gasteiger partial charge in [0.15, 0.2) is 5.82 Å². The summed E-state index contributed by atoms with van der Waals surface area (Å²) in [5.41, 5.74) is -0.757. The highest BCUT2D eigenvalue weighted by Gasteiger charge is 2.45. The van der Waals surface area contributed by atoms with Crippen LogP contribution in [0.1, 0.15) is 31.2 Å². The maximum atomic E-state index is 16.9. The zero-order valence-corrected chi connectivity index (χ0v) is 27.7. The van der Waals surface area contributed by atoms with E-state index in [9.17, 15) is 23.1 Å².